The number of esters is 1. The second-order valence-electron chi connectivity index (χ2n) is 7.39. The zero-order valence-electron chi connectivity index (χ0n) is 17.6. The summed E-state index contributed by atoms with van der Waals surface area (Å²) in [7, 11) is 0. The highest BCUT2D eigenvalue weighted by molar-refractivity contribution is 7.71. The van der Waals surface area contributed by atoms with Gasteiger partial charge in [0.25, 0.3) is 0 Å². The van der Waals surface area contributed by atoms with Gasteiger partial charge in [-0.25, -0.2) is 9.78 Å². The van der Waals surface area contributed by atoms with E-state index in [9.17, 15) is 4.79 Å². The predicted octanol–water partition coefficient (Wildman–Crippen LogP) is 4.16. The van der Waals surface area contributed by atoms with Gasteiger partial charge in [-0.1, -0.05) is 60.7 Å². The van der Waals surface area contributed by atoms with Gasteiger partial charge in [0.2, 0.25) is 0 Å². The molecule has 0 spiro atoms. The second kappa shape index (κ2) is 9.75. The van der Waals surface area contributed by atoms with Crippen LogP contribution in [-0.4, -0.2) is 48.3 Å². The molecule has 0 radical (unpaired) electrons. The zero-order chi connectivity index (χ0) is 21.6. The zero-order valence-corrected chi connectivity index (χ0v) is 18.4. The van der Waals surface area contributed by atoms with Crippen molar-refractivity contribution in [1.29, 1.82) is 0 Å². The molecule has 0 N–H and O–H groups in total. The summed E-state index contributed by atoms with van der Waals surface area (Å²) < 4.78 is 7.63. The quantitative estimate of drug-likeness (QED) is 0.429. The second-order valence-corrected chi connectivity index (χ2v) is 7.78. The van der Waals surface area contributed by atoms with E-state index in [0.717, 1.165) is 31.7 Å². The van der Waals surface area contributed by atoms with Gasteiger partial charge in [0.05, 0.1) is 12.9 Å². The molecule has 2 heterocycles. The highest BCUT2D eigenvalue weighted by Crippen LogP contribution is 2.24. The molecule has 1 aromatic heterocycles. The first-order valence-corrected chi connectivity index (χ1v) is 10.9. The van der Waals surface area contributed by atoms with Crippen LogP contribution in [0.4, 0.5) is 11.5 Å². The van der Waals surface area contributed by atoms with Crippen molar-refractivity contribution in [3.8, 4) is 0 Å². The van der Waals surface area contributed by atoms with Gasteiger partial charge in [-0.05, 0) is 24.6 Å². The lowest BCUT2D eigenvalue weighted by Crippen LogP contribution is -2.47. The molecule has 6 nitrogen and oxygen atoms in total. The molecule has 0 aliphatic carbocycles. The molecule has 0 bridgehead atoms. The number of aromatic nitrogens is 2. The fourth-order valence-corrected chi connectivity index (χ4v) is 4.10. The summed E-state index contributed by atoms with van der Waals surface area (Å²) in [5, 5.41) is 0. The number of ether oxygens (including phenoxy) is 1. The maximum absolute atomic E-state index is 12.8. The smallest absolute Gasteiger partial charge is 0.344 e. The molecule has 4 rings (SSSR count). The number of carbonyl (C=O) groups excluding carboxylic acids is 1. The van der Waals surface area contributed by atoms with Crippen LogP contribution in [0.2, 0.25) is 0 Å². The van der Waals surface area contributed by atoms with Gasteiger partial charge in [0, 0.05) is 38.4 Å². The number of hydrogen-bond donors (Lipinski definition) is 0. The SMILES string of the molecule is CCOC(=O)c1c(N2CCN(c3ccccc3)CC2)ncn(Cc2ccccc2)c1=S. The van der Waals surface area contributed by atoms with Gasteiger partial charge in [-0.2, -0.15) is 0 Å². The number of para-hydroxylation sites is 1. The Balaban J connectivity index is 1.60. The van der Waals surface area contributed by atoms with E-state index in [2.05, 4.69) is 26.9 Å². The van der Waals surface area contributed by atoms with Crippen LogP contribution in [0.5, 0.6) is 0 Å². The average molecular weight is 435 g/mol. The van der Waals surface area contributed by atoms with E-state index in [1.54, 1.807) is 13.3 Å². The van der Waals surface area contributed by atoms with Gasteiger partial charge in [-0.3, -0.25) is 0 Å². The number of benzene rings is 2. The van der Waals surface area contributed by atoms with E-state index in [1.807, 2.05) is 53.1 Å². The average Bonchev–Trinajstić information content (AvgIpc) is 2.82. The Hall–Kier alpha value is -3.19. The molecule has 0 saturated carbocycles. The van der Waals surface area contributed by atoms with Crippen molar-refractivity contribution in [3.63, 3.8) is 0 Å². The Kier molecular flexibility index (Phi) is 6.62. The molecule has 0 amide bonds. The molecule has 2 aromatic carbocycles. The number of carbonyl (C=O) groups is 1. The van der Waals surface area contributed by atoms with Crippen molar-refractivity contribution in [2.45, 2.75) is 13.5 Å². The molecule has 1 aliphatic heterocycles. The standard InChI is InChI=1S/C24H26N4O2S/c1-2-30-24(29)21-22(25-18-28(23(21)31)17-19-9-5-3-6-10-19)27-15-13-26(14-16-27)20-11-7-4-8-12-20/h3-12,18H,2,13-17H2,1H3. The first kappa shape index (κ1) is 21.1. The third kappa shape index (κ3) is 4.77. The lowest BCUT2D eigenvalue weighted by molar-refractivity contribution is 0.0524. The highest BCUT2D eigenvalue weighted by atomic mass is 32.1. The molecule has 1 fully saturated rings. The van der Waals surface area contributed by atoms with Crippen molar-refractivity contribution in [3.05, 3.63) is 82.8 Å². The van der Waals surface area contributed by atoms with Gasteiger partial charge in [-0.15, -0.1) is 0 Å². The van der Waals surface area contributed by atoms with Crippen molar-refractivity contribution in [2.75, 3.05) is 42.6 Å². The Morgan fingerprint density at radius 3 is 2.23 bits per heavy atom. The van der Waals surface area contributed by atoms with Crippen LogP contribution in [0.25, 0.3) is 0 Å². The van der Waals surface area contributed by atoms with Gasteiger partial charge in [0.15, 0.2) is 0 Å². The summed E-state index contributed by atoms with van der Waals surface area (Å²) in [6, 6.07) is 20.4. The number of piperazine rings is 1. The van der Waals surface area contributed by atoms with Crippen LogP contribution in [0, 0.1) is 4.64 Å². The minimum absolute atomic E-state index is 0.294. The van der Waals surface area contributed by atoms with Crippen LogP contribution < -0.4 is 9.80 Å². The largest absolute Gasteiger partial charge is 0.462 e. The molecule has 0 atom stereocenters. The molecule has 0 unspecified atom stereocenters. The topological polar surface area (TPSA) is 50.6 Å². The van der Waals surface area contributed by atoms with E-state index in [0.29, 0.717) is 29.2 Å². The van der Waals surface area contributed by atoms with Crippen LogP contribution >= 0.6 is 12.2 Å². The monoisotopic (exact) mass is 434 g/mol. The van der Waals surface area contributed by atoms with Crippen LogP contribution in [-0.2, 0) is 11.3 Å². The van der Waals surface area contributed by atoms with Crippen LogP contribution in [0.15, 0.2) is 67.0 Å². The Bertz CT molecular complexity index is 1080. The van der Waals surface area contributed by atoms with Gasteiger partial charge in [0.1, 0.15) is 16.0 Å². The Morgan fingerprint density at radius 1 is 0.968 bits per heavy atom. The number of rotatable bonds is 6. The first-order chi connectivity index (χ1) is 15.2. The molecule has 160 valence electrons. The lowest BCUT2D eigenvalue weighted by Gasteiger charge is -2.37. The molecule has 3 aromatic rings. The molecule has 31 heavy (non-hydrogen) atoms. The summed E-state index contributed by atoms with van der Waals surface area (Å²) in [6.07, 6.45) is 1.73. The van der Waals surface area contributed by atoms with Gasteiger partial charge >= 0.3 is 5.97 Å². The Morgan fingerprint density at radius 2 is 1.58 bits per heavy atom. The summed E-state index contributed by atoms with van der Waals surface area (Å²) in [4.78, 5) is 22.0. The van der Waals surface area contributed by atoms with Crippen LogP contribution in [0.3, 0.4) is 0 Å². The maximum atomic E-state index is 12.8. The van der Waals surface area contributed by atoms with Crippen molar-refractivity contribution in [1.82, 2.24) is 9.55 Å². The first-order valence-electron chi connectivity index (χ1n) is 10.5. The fraction of sp³-hybridized carbons (Fsp3) is 0.292. The van der Waals surface area contributed by atoms with E-state index in [4.69, 9.17) is 17.0 Å². The predicted molar refractivity (Wildman–Crippen MR) is 125 cm³/mol. The minimum Gasteiger partial charge on any atom is -0.462 e. The summed E-state index contributed by atoms with van der Waals surface area (Å²) >= 11 is 5.72. The number of hydrogen-bond acceptors (Lipinski definition) is 6. The number of nitrogens with zero attached hydrogens (tertiary/aromatic N) is 4. The van der Waals surface area contributed by atoms with E-state index in [1.165, 1.54) is 5.69 Å². The van der Waals surface area contributed by atoms with Crippen molar-refractivity contribution in [2.24, 2.45) is 0 Å². The number of anilines is 2. The third-order valence-electron chi connectivity index (χ3n) is 5.39. The Labute approximate surface area is 187 Å². The minimum atomic E-state index is -0.414. The molecule has 1 aliphatic rings. The third-order valence-corrected chi connectivity index (χ3v) is 5.83. The lowest BCUT2D eigenvalue weighted by atomic mass is 10.2. The molecular formula is C24H26N4O2S. The van der Waals surface area contributed by atoms with Crippen molar-refractivity contribution < 1.29 is 9.53 Å². The van der Waals surface area contributed by atoms with Crippen molar-refractivity contribution >= 4 is 29.7 Å². The molecule has 7 heteroatoms. The molecule has 1 saturated heterocycles. The van der Waals surface area contributed by atoms with Gasteiger partial charge < -0.3 is 19.1 Å². The van der Waals surface area contributed by atoms with E-state index in [-0.39, 0.29) is 0 Å². The van der Waals surface area contributed by atoms with E-state index >= 15 is 0 Å². The normalized spacial score (nSPS) is 13.8. The summed E-state index contributed by atoms with van der Waals surface area (Å²) in [5.74, 6) is 0.198. The fourth-order valence-electron chi connectivity index (χ4n) is 3.81. The van der Waals surface area contributed by atoms with Crippen LogP contribution in [0.1, 0.15) is 22.8 Å². The summed E-state index contributed by atoms with van der Waals surface area (Å²) in [6.45, 7) is 5.86. The highest BCUT2D eigenvalue weighted by Gasteiger charge is 2.26. The maximum Gasteiger partial charge on any atom is 0.344 e. The van der Waals surface area contributed by atoms with E-state index < -0.39 is 5.97 Å². The molecular weight excluding hydrogens is 408 g/mol. The summed E-state index contributed by atoms with van der Waals surface area (Å²) in [5.41, 5.74) is 2.68.